The SMILES string of the molecule is CCNC(=NCc1ccnc(OCC)c1)NC1CC(=O)N(c2ccccc2)C1. The van der Waals surface area contributed by atoms with Crippen LogP contribution in [0.5, 0.6) is 5.88 Å². The van der Waals surface area contributed by atoms with Gasteiger partial charge in [0.2, 0.25) is 11.8 Å². The smallest absolute Gasteiger partial charge is 0.229 e. The second kappa shape index (κ2) is 9.73. The van der Waals surface area contributed by atoms with Gasteiger partial charge >= 0.3 is 0 Å². The number of aromatic nitrogens is 1. The number of hydrogen-bond donors (Lipinski definition) is 2. The highest BCUT2D eigenvalue weighted by molar-refractivity contribution is 5.97. The summed E-state index contributed by atoms with van der Waals surface area (Å²) < 4.78 is 5.44. The molecular formula is C21H27N5O2. The monoisotopic (exact) mass is 381 g/mol. The molecule has 0 spiro atoms. The maximum absolute atomic E-state index is 12.4. The second-order valence-corrected chi connectivity index (χ2v) is 6.52. The summed E-state index contributed by atoms with van der Waals surface area (Å²) in [5.74, 6) is 1.42. The molecule has 0 radical (unpaired) electrons. The average molecular weight is 381 g/mol. The molecule has 7 heteroatoms. The van der Waals surface area contributed by atoms with Crippen LogP contribution >= 0.6 is 0 Å². The Labute approximate surface area is 165 Å². The number of pyridine rings is 1. The van der Waals surface area contributed by atoms with Crippen LogP contribution in [0.2, 0.25) is 0 Å². The molecule has 3 rings (SSSR count). The van der Waals surface area contributed by atoms with Gasteiger partial charge < -0.3 is 20.3 Å². The Morgan fingerprint density at radius 1 is 1.29 bits per heavy atom. The largest absolute Gasteiger partial charge is 0.478 e. The Kier molecular flexibility index (Phi) is 6.84. The normalized spacial score (nSPS) is 16.9. The number of nitrogens with zero attached hydrogens (tertiary/aromatic N) is 3. The minimum Gasteiger partial charge on any atom is -0.478 e. The fourth-order valence-electron chi connectivity index (χ4n) is 3.12. The Hall–Kier alpha value is -3.09. The zero-order valence-electron chi connectivity index (χ0n) is 16.4. The quantitative estimate of drug-likeness (QED) is 0.569. The van der Waals surface area contributed by atoms with Gasteiger partial charge in [0.05, 0.1) is 19.2 Å². The van der Waals surface area contributed by atoms with E-state index in [1.807, 2.05) is 61.2 Å². The van der Waals surface area contributed by atoms with Gasteiger partial charge in [-0.25, -0.2) is 9.98 Å². The lowest BCUT2D eigenvalue weighted by Gasteiger charge is -2.19. The molecule has 0 bridgehead atoms. The first kappa shape index (κ1) is 19.7. The number of benzene rings is 1. The standard InChI is InChI=1S/C21H27N5O2/c1-3-22-21(24-14-16-10-11-23-19(12-16)28-4-2)25-17-13-20(27)26(15-17)18-8-6-5-7-9-18/h5-12,17H,3-4,13-15H2,1-2H3,(H2,22,24,25). The van der Waals surface area contributed by atoms with Gasteiger partial charge in [0.25, 0.3) is 0 Å². The Morgan fingerprint density at radius 2 is 2.11 bits per heavy atom. The van der Waals surface area contributed by atoms with E-state index in [2.05, 4.69) is 20.6 Å². The van der Waals surface area contributed by atoms with Crippen molar-refractivity contribution in [3.8, 4) is 5.88 Å². The molecule has 1 saturated heterocycles. The number of hydrogen-bond acceptors (Lipinski definition) is 4. The van der Waals surface area contributed by atoms with Crippen molar-refractivity contribution in [2.75, 3.05) is 24.6 Å². The van der Waals surface area contributed by atoms with Crippen LogP contribution in [-0.2, 0) is 11.3 Å². The van der Waals surface area contributed by atoms with E-state index < -0.39 is 0 Å². The van der Waals surface area contributed by atoms with Crippen LogP contribution in [0.3, 0.4) is 0 Å². The number of aliphatic imine (C=N–C) groups is 1. The first-order valence-corrected chi connectivity index (χ1v) is 9.67. The molecule has 0 aliphatic carbocycles. The van der Waals surface area contributed by atoms with E-state index in [9.17, 15) is 4.79 Å². The van der Waals surface area contributed by atoms with E-state index >= 15 is 0 Å². The van der Waals surface area contributed by atoms with Gasteiger partial charge in [-0.15, -0.1) is 0 Å². The zero-order chi connectivity index (χ0) is 19.8. The molecule has 28 heavy (non-hydrogen) atoms. The summed E-state index contributed by atoms with van der Waals surface area (Å²) in [6.07, 6.45) is 2.17. The van der Waals surface area contributed by atoms with Crippen LogP contribution in [0.1, 0.15) is 25.8 Å². The maximum atomic E-state index is 12.4. The number of carbonyl (C=O) groups is 1. The van der Waals surface area contributed by atoms with E-state index in [0.717, 1.165) is 17.8 Å². The summed E-state index contributed by atoms with van der Waals surface area (Å²) in [5, 5.41) is 6.64. The van der Waals surface area contributed by atoms with Crippen LogP contribution < -0.4 is 20.3 Å². The maximum Gasteiger partial charge on any atom is 0.229 e. The van der Waals surface area contributed by atoms with Crippen molar-refractivity contribution in [3.63, 3.8) is 0 Å². The molecule has 1 atom stereocenters. The van der Waals surface area contributed by atoms with E-state index in [1.54, 1.807) is 6.20 Å². The molecule has 1 fully saturated rings. The molecule has 1 aliphatic rings. The van der Waals surface area contributed by atoms with Gasteiger partial charge in [-0.05, 0) is 37.6 Å². The summed E-state index contributed by atoms with van der Waals surface area (Å²) in [4.78, 5) is 23.1. The van der Waals surface area contributed by atoms with Crippen molar-refractivity contribution in [1.29, 1.82) is 0 Å². The number of anilines is 1. The number of nitrogens with one attached hydrogen (secondary N) is 2. The predicted octanol–water partition coefficient (Wildman–Crippen LogP) is 2.34. The molecule has 1 unspecified atom stereocenters. The Bertz CT molecular complexity index is 809. The van der Waals surface area contributed by atoms with Crippen molar-refractivity contribution in [2.45, 2.75) is 32.9 Å². The average Bonchev–Trinajstić information content (AvgIpc) is 3.08. The van der Waals surface area contributed by atoms with Crippen molar-refractivity contribution in [2.24, 2.45) is 4.99 Å². The number of amides is 1. The van der Waals surface area contributed by atoms with Gasteiger partial charge in [0.1, 0.15) is 0 Å². The molecule has 0 saturated carbocycles. The van der Waals surface area contributed by atoms with Gasteiger partial charge in [0.15, 0.2) is 5.96 Å². The summed E-state index contributed by atoms with van der Waals surface area (Å²) in [6.45, 7) is 6.40. The molecule has 7 nitrogen and oxygen atoms in total. The van der Waals surface area contributed by atoms with Crippen LogP contribution in [0.25, 0.3) is 0 Å². The molecule has 2 heterocycles. The highest BCUT2D eigenvalue weighted by Gasteiger charge is 2.31. The summed E-state index contributed by atoms with van der Waals surface area (Å²) in [6, 6.07) is 13.6. The molecule has 1 aromatic carbocycles. The number of para-hydroxylation sites is 1. The summed E-state index contributed by atoms with van der Waals surface area (Å²) in [5.41, 5.74) is 1.95. The predicted molar refractivity (Wildman–Crippen MR) is 111 cm³/mol. The lowest BCUT2D eigenvalue weighted by molar-refractivity contribution is -0.117. The Morgan fingerprint density at radius 3 is 2.86 bits per heavy atom. The fraction of sp³-hybridized carbons (Fsp3) is 0.381. The lowest BCUT2D eigenvalue weighted by Crippen LogP contribution is -2.44. The highest BCUT2D eigenvalue weighted by atomic mass is 16.5. The topological polar surface area (TPSA) is 78.9 Å². The van der Waals surface area contributed by atoms with E-state index in [0.29, 0.717) is 38.0 Å². The third-order valence-corrected chi connectivity index (χ3v) is 4.39. The zero-order valence-corrected chi connectivity index (χ0v) is 16.4. The van der Waals surface area contributed by atoms with Crippen molar-refractivity contribution < 1.29 is 9.53 Å². The number of ether oxygens (including phenoxy) is 1. The van der Waals surface area contributed by atoms with E-state index in [1.165, 1.54) is 0 Å². The third kappa shape index (κ3) is 5.22. The molecule has 1 aliphatic heterocycles. The molecular weight excluding hydrogens is 354 g/mol. The van der Waals surface area contributed by atoms with Gasteiger partial charge in [-0.2, -0.15) is 0 Å². The minimum atomic E-state index is 0.0157. The van der Waals surface area contributed by atoms with Crippen LogP contribution in [-0.4, -0.2) is 42.6 Å². The van der Waals surface area contributed by atoms with Gasteiger partial charge in [-0.1, -0.05) is 18.2 Å². The van der Waals surface area contributed by atoms with Crippen LogP contribution in [0, 0.1) is 0 Å². The highest BCUT2D eigenvalue weighted by Crippen LogP contribution is 2.21. The van der Waals surface area contributed by atoms with Crippen molar-refractivity contribution >= 4 is 17.6 Å². The summed E-state index contributed by atoms with van der Waals surface area (Å²) in [7, 11) is 0. The van der Waals surface area contributed by atoms with Crippen molar-refractivity contribution in [3.05, 3.63) is 54.2 Å². The fourth-order valence-corrected chi connectivity index (χ4v) is 3.12. The van der Waals surface area contributed by atoms with Gasteiger partial charge in [-0.3, -0.25) is 4.79 Å². The van der Waals surface area contributed by atoms with Crippen LogP contribution in [0.15, 0.2) is 53.7 Å². The molecule has 1 amide bonds. The molecule has 2 N–H and O–H groups in total. The van der Waals surface area contributed by atoms with Crippen LogP contribution in [0.4, 0.5) is 5.69 Å². The molecule has 148 valence electrons. The summed E-state index contributed by atoms with van der Waals surface area (Å²) >= 11 is 0. The van der Waals surface area contributed by atoms with Crippen molar-refractivity contribution in [1.82, 2.24) is 15.6 Å². The third-order valence-electron chi connectivity index (χ3n) is 4.39. The van der Waals surface area contributed by atoms with Gasteiger partial charge in [0, 0.05) is 37.5 Å². The number of rotatable bonds is 7. The number of guanidine groups is 1. The first-order valence-electron chi connectivity index (χ1n) is 9.67. The first-order chi connectivity index (χ1) is 13.7. The Balaban J connectivity index is 1.63. The second-order valence-electron chi connectivity index (χ2n) is 6.52. The van der Waals surface area contributed by atoms with E-state index in [-0.39, 0.29) is 11.9 Å². The minimum absolute atomic E-state index is 0.0157. The molecule has 1 aromatic heterocycles. The number of carbonyl (C=O) groups excluding carboxylic acids is 1. The van der Waals surface area contributed by atoms with E-state index in [4.69, 9.17) is 4.74 Å². The molecule has 2 aromatic rings. The lowest BCUT2D eigenvalue weighted by atomic mass is 10.2.